The van der Waals surface area contributed by atoms with Gasteiger partial charge in [0, 0.05) is 12.1 Å². The lowest BCUT2D eigenvalue weighted by molar-refractivity contribution is -0.125. The number of nitrogens with one attached hydrogen (secondary N) is 1. The highest BCUT2D eigenvalue weighted by molar-refractivity contribution is 6.33. The van der Waals surface area contributed by atoms with E-state index in [-0.39, 0.29) is 11.9 Å². The molecule has 2 rings (SSSR count). The molecule has 0 aliphatic heterocycles. The summed E-state index contributed by atoms with van der Waals surface area (Å²) in [5.74, 6) is 0.577. The summed E-state index contributed by atoms with van der Waals surface area (Å²) in [6.45, 7) is 1.91. The fourth-order valence-electron chi connectivity index (χ4n) is 2.47. The second-order valence-corrected chi connectivity index (χ2v) is 5.62. The molecule has 0 aromatic heterocycles. The molecule has 3 N–H and O–H groups in total. The van der Waals surface area contributed by atoms with Gasteiger partial charge in [-0.1, -0.05) is 18.0 Å². The summed E-state index contributed by atoms with van der Waals surface area (Å²) in [5.41, 5.74) is 6.08. The van der Waals surface area contributed by atoms with Gasteiger partial charge in [-0.15, -0.1) is 0 Å². The zero-order valence-electron chi connectivity index (χ0n) is 11.2. The molecule has 0 radical (unpaired) electrons. The molecule has 0 heterocycles. The Labute approximate surface area is 118 Å². The van der Waals surface area contributed by atoms with Gasteiger partial charge in [-0.3, -0.25) is 4.79 Å². The first-order chi connectivity index (χ1) is 8.97. The van der Waals surface area contributed by atoms with Crippen molar-refractivity contribution in [3.63, 3.8) is 0 Å². The molecule has 1 fully saturated rings. The molecule has 4 nitrogen and oxygen atoms in total. The first-order valence-electron chi connectivity index (χ1n) is 6.38. The van der Waals surface area contributed by atoms with E-state index in [0.29, 0.717) is 16.5 Å². The maximum absolute atomic E-state index is 12.4. The van der Waals surface area contributed by atoms with Crippen molar-refractivity contribution >= 4 is 23.2 Å². The Morgan fingerprint density at radius 2 is 2.32 bits per heavy atom. The minimum atomic E-state index is -0.521. The van der Waals surface area contributed by atoms with Gasteiger partial charge in [0.2, 0.25) is 5.91 Å². The standard InChI is InChI=1S/C14H19ClN2O2/c1-14(7-3-4-12(14)16)13(18)17-11-8-9(19-2)5-6-10(11)15/h5-6,8,12H,3-4,7,16H2,1-2H3,(H,17,18). The number of hydrogen-bond donors (Lipinski definition) is 2. The van der Waals surface area contributed by atoms with Gasteiger partial charge in [0.1, 0.15) is 5.75 Å². The van der Waals surface area contributed by atoms with Crippen LogP contribution in [0, 0.1) is 5.41 Å². The van der Waals surface area contributed by atoms with Crippen LogP contribution in [0.25, 0.3) is 0 Å². The van der Waals surface area contributed by atoms with Crippen molar-refractivity contribution in [3.05, 3.63) is 23.2 Å². The lowest BCUT2D eigenvalue weighted by Crippen LogP contribution is -2.44. The Bertz CT molecular complexity index is 492. The van der Waals surface area contributed by atoms with Crippen molar-refractivity contribution in [3.8, 4) is 5.75 Å². The molecule has 1 aromatic carbocycles. The Kier molecular flexibility index (Phi) is 4.02. The lowest BCUT2D eigenvalue weighted by Gasteiger charge is -2.27. The molecule has 0 spiro atoms. The number of hydrogen-bond acceptors (Lipinski definition) is 3. The first-order valence-corrected chi connectivity index (χ1v) is 6.76. The van der Waals surface area contributed by atoms with Crippen molar-refractivity contribution in [1.82, 2.24) is 0 Å². The largest absolute Gasteiger partial charge is 0.497 e. The summed E-state index contributed by atoms with van der Waals surface area (Å²) in [5, 5.41) is 3.36. The number of carbonyl (C=O) groups excluding carboxylic acids is 1. The normalized spacial score (nSPS) is 26.2. The van der Waals surface area contributed by atoms with Crippen LogP contribution in [0.4, 0.5) is 5.69 Å². The fraction of sp³-hybridized carbons (Fsp3) is 0.500. The monoisotopic (exact) mass is 282 g/mol. The van der Waals surface area contributed by atoms with Crippen LogP contribution in [0.1, 0.15) is 26.2 Å². The summed E-state index contributed by atoms with van der Waals surface area (Å²) in [7, 11) is 1.57. The molecule has 1 saturated carbocycles. The number of benzene rings is 1. The van der Waals surface area contributed by atoms with E-state index in [4.69, 9.17) is 22.1 Å². The maximum Gasteiger partial charge on any atom is 0.231 e. The first kappa shape index (κ1) is 14.2. The van der Waals surface area contributed by atoms with Gasteiger partial charge in [-0.25, -0.2) is 0 Å². The number of anilines is 1. The fourth-order valence-corrected chi connectivity index (χ4v) is 2.63. The van der Waals surface area contributed by atoms with E-state index in [9.17, 15) is 4.79 Å². The summed E-state index contributed by atoms with van der Waals surface area (Å²) < 4.78 is 5.13. The molecule has 1 amide bonds. The van der Waals surface area contributed by atoms with Crippen molar-refractivity contribution in [2.45, 2.75) is 32.2 Å². The van der Waals surface area contributed by atoms with Crippen LogP contribution in [-0.2, 0) is 4.79 Å². The predicted octanol–water partition coefficient (Wildman–Crippen LogP) is 2.80. The van der Waals surface area contributed by atoms with Crippen LogP contribution in [0.15, 0.2) is 18.2 Å². The third-order valence-electron chi connectivity index (χ3n) is 3.97. The van der Waals surface area contributed by atoms with Gasteiger partial charge in [0.05, 0.1) is 23.2 Å². The van der Waals surface area contributed by atoms with Crippen molar-refractivity contribution in [1.29, 1.82) is 0 Å². The van der Waals surface area contributed by atoms with Crippen LogP contribution in [0.3, 0.4) is 0 Å². The number of rotatable bonds is 3. The second kappa shape index (κ2) is 5.39. The Hall–Kier alpha value is -1.26. The van der Waals surface area contributed by atoms with E-state index in [1.54, 1.807) is 25.3 Å². The van der Waals surface area contributed by atoms with Crippen molar-refractivity contribution < 1.29 is 9.53 Å². The topological polar surface area (TPSA) is 64.3 Å². The van der Waals surface area contributed by atoms with Gasteiger partial charge in [-0.05, 0) is 31.9 Å². The number of halogens is 1. The highest BCUT2D eigenvalue weighted by Crippen LogP contribution is 2.38. The third kappa shape index (κ3) is 2.69. The van der Waals surface area contributed by atoms with Crippen LogP contribution >= 0.6 is 11.6 Å². The molecule has 5 heteroatoms. The van der Waals surface area contributed by atoms with Gasteiger partial charge in [-0.2, -0.15) is 0 Å². The minimum absolute atomic E-state index is 0.0762. The van der Waals surface area contributed by atoms with Crippen LogP contribution in [0.2, 0.25) is 5.02 Å². The third-order valence-corrected chi connectivity index (χ3v) is 4.30. The Morgan fingerprint density at radius 1 is 1.58 bits per heavy atom. The quantitative estimate of drug-likeness (QED) is 0.896. The Balaban J connectivity index is 2.19. The van der Waals surface area contributed by atoms with E-state index in [0.717, 1.165) is 19.3 Å². The molecule has 2 unspecified atom stereocenters. The van der Waals surface area contributed by atoms with E-state index in [1.165, 1.54) is 0 Å². The van der Waals surface area contributed by atoms with Gasteiger partial charge >= 0.3 is 0 Å². The SMILES string of the molecule is COc1ccc(Cl)c(NC(=O)C2(C)CCCC2N)c1. The van der Waals surface area contributed by atoms with Crippen molar-refractivity contribution in [2.75, 3.05) is 12.4 Å². The average molecular weight is 283 g/mol. The molecule has 0 bridgehead atoms. The number of nitrogens with two attached hydrogens (primary N) is 1. The molecule has 2 atom stereocenters. The predicted molar refractivity (Wildman–Crippen MR) is 76.6 cm³/mol. The van der Waals surface area contributed by atoms with E-state index in [1.807, 2.05) is 6.92 Å². The van der Waals surface area contributed by atoms with Crippen LogP contribution < -0.4 is 15.8 Å². The van der Waals surface area contributed by atoms with E-state index < -0.39 is 5.41 Å². The molecule has 1 aliphatic rings. The lowest BCUT2D eigenvalue weighted by atomic mass is 9.84. The zero-order chi connectivity index (χ0) is 14.0. The zero-order valence-corrected chi connectivity index (χ0v) is 12.0. The molecule has 1 aromatic rings. The summed E-state index contributed by atoms with van der Waals surface area (Å²) in [6, 6.07) is 5.06. The molecule has 1 aliphatic carbocycles. The molecule has 19 heavy (non-hydrogen) atoms. The summed E-state index contributed by atoms with van der Waals surface area (Å²) >= 11 is 6.08. The second-order valence-electron chi connectivity index (χ2n) is 5.22. The van der Waals surface area contributed by atoms with Crippen LogP contribution in [0.5, 0.6) is 5.75 Å². The molecule has 0 saturated heterocycles. The highest BCUT2D eigenvalue weighted by atomic mass is 35.5. The number of amides is 1. The summed E-state index contributed by atoms with van der Waals surface area (Å²) in [6.07, 6.45) is 2.67. The van der Waals surface area contributed by atoms with E-state index >= 15 is 0 Å². The Morgan fingerprint density at radius 3 is 2.89 bits per heavy atom. The van der Waals surface area contributed by atoms with Gasteiger partial charge < -0.3 is 15.8 Å². The summed E-state index contributed by atoms with van der Waals surface area (Å²) in [4.78, 5) is 12.4. The number of ether oxygens (including phenoxy) is 1. The maximum atomic E-state index is 12.4. The van der Waals surface area contributed by atoms with Crippen LogP contribution in [-0.4, -0.2) is 19.1 Å². The number of carbonyl (C=O) groups is 1. The number of methoxy groups -OCH3 is 1. The molecule has 104 valence electrons. The minimum Gasteiger partial charge on any atom is -0.497 e. The van der Waals surface area contributed by atoms with Gasteiger partial charge in [0.15, 0.2) is 0 Å². The average Bonchev–Trinajstić information content (AvgIpc) is 2.73. The van der Waals surface area contributed by atoms with E-state index in [2.05, 4.69) is 5.32 Å². The smallest absolute Gasteiger partial charge is 0.231 e. The highest BCUT2D eigenvalue weighted by Gasteiger charge is 2.43. The van der Waals surface area contributed by atoms with Crippen molar-refractivity contribution in [2.24, 2.45) is 11.1 Å². The van der Waals surface area contributed by atoms with Gasteiger partial charge in [0.25, 0.3) is 0 Å². The molecular weight excluding hydrogens is 264 g/mol. The molecular formula is C14H19ClN2O2.